The maximum atomic E-state index is 13.4. The van der Waals surface area contributed by atoms with Crippen LogP contribution in [0, 0.1) is 12.7 Å². The van der Waals surface area contributed by atoms with Crippen molar-refractivity contribution in [3.63, 3.8) is 0 Å². The number of amides is 1. The van der Waals surface area contributed by atoms with E-state index in [1.165, 1.54) is 18.9 Å². The number of rotatable bonds is 5. The minimum Gasteiger partial charge on any atom is -0.343 e. The average Bonchev–Trinajstić information content (AvgIpc) is 3.27. The summed E-state index contributed by atoms with van der Waals surface area (Å²) in [5.74, 6) is 0.698. The Morgan fingerprint density at radius 2 is 2.07 bits per heavy atom. The normalized spacial score (nSPS) is 24.2. The van der Waals surface area contributed by atoms with Crippen LogP contribution in [0.4, 0.5) is 4.39 Å². The standard InChI is InChI=1S/C20H25FN4O2/c1-12-9-13(3-6-17(12)21)20-23-18(27-24-20)7-8-19(26)25(2)16-10-14-4-5-15(11-16)22-14/h3,6,9,14-16,22H,4-5,7-8,10-11H2,1-2H3. The molecule has 144 valence electrons. The number of aromatic nitrogens is 2. The molecule has 1 N–H and O–H groups in total. The Kier molecular flexibility index (Phi) is 4.95. The smallest absolute Gasteiger partial charge is 0.227 e. The van der Waals surface area contributed by atoms with E-state index in [4.69, 9.17) is 4.52 Å². The molecule has 2 aliphatic rings. The summed E-state index contributed by atoms with van der Waals surface area (Å²) in [6.07, 6.45) is 5.27. The summed E-state index contributed by atoms with van der Waals surface area (Å²) < 4.78 is 18.7. The van der Waals surface area contributed by atoms with Crippen LogP contribution >= 0.6 is 0 Å². The van der Waals surface area contributed by atoms with Crippen LogP contribution in [0.25, 0.3) is 11.4 Å². The van der Waals surface area contributed by atoms with Crippen molar-refractivity contribution in [1.29, 1.82) is 0 Å². The number of halogens is 1. The lowest BCUT2D eigenvalue weighted by Crippen LogP contribution is -2.48. The topological polar surface area (TPSA) is 71.3 Å². The predicted molar refractivity (Wildman–Crippen MR) is 98.5 cm³/mol. The number of aryl methyl sites for hydroxylation is 2. The third kappa shape index (κ3) is 3.88. The van der Waals surface area contributed by atoms with Crippen molar-refractivity contribution in [3.05, 3.63) is 35.5 Å². The minimum absolute atomic E-state index is 0.110. The Labute approximate surface area is 158 Å². The maximum absolute atomic E-state index is 13.4. The van der Waals surface area contributed by atoms with E-state index in [2.05, 4.69) is 15.5 Å². The van der Waals surface area contributed by atoms with Crippen LogP contribution in [0.15, 0.2) is 22.7 Å². The van der Waals surface area contributed by atoms with Crippen LogP contribution in [-0.4, -0.2) is 46.1 Å². The highest BCUT2D eigenvalue weighted by Gasteiger charge is 2.36. The van der Waals surface area contributed by atoms with Gasteiger partial charge in [-0.05, 0) is 56.4 Å². The van der Waals surface area contributed by atoms with Crippen LogP contribution in [0.5, 0.6) is 0 Å². The third-order valence-corrected chi connectivity index (χ3v) is 5.83. The van der Waals surface area contributed by atoms with Gasteiger partial charge in [0.15, 0.2) is 0 Å². The Hall–Kier alpha value is -2.28. The van der Waals surface area contributed by atoms with Gasteiger partial charge in [-0.2, -0.15) is 4.98 Å². The van der Waals surface area contributed by atoms with E-state index < -0.39 is 0 Å². The molecule has 1 amide bonds. The molecule has 4 rings (SSSR count). The van der Waals surface area contributed by atoms with Gasteiger partial charge in [-0.15, -0.1) is 0 Å². The second kappa shape index (κ2) is 7.38. The van der Waals surface area contributed by atoms with Crippen LogP contribution in [-0.2, 0) is 11.2 Å². The molecule has 27 heavy (non-hydrogen) atoms. The monoisotopic (exact) mass is 372 g/mol. The van der Waals surface area contributed by atoms with E-state index in [1.54, 1.807) is 19.1 Å². The zero-order chi connectivity index (χ0) is 19.0. The lowest BCUT2D eigenvalue weighted by Gasteiger charge is -2.35. The first-order chi connectivity index (χ1) is 13.0. The summed E-state index contributed by atoms with van der Waals surface area (Å²) in [6, 6.07) is 6.14. The van der Waals surface area contributed by atoms with Gasteiger partial charge in [0, 0.05) is 43.6 Å². The first-order valence-electron chi connectivity index (χ1n) is 9.60. The molecule has 7 heteroatoms. The molecule has 2 aliphatic heterocycles. The van der Waals surface area contributed by atoms with Crippen LogP contribution in [0.2, 0.25) is 0 Å². The number of hydrogen-bond donors (Lipinski definition) is 1. The molecule has 6 nitrogen and oxygen atoms in total. The van der Waals surface area contributed by atoms with E-state index in [0.29, 0.717) is 53.8 Å². The first-order valence-corrected chi connectivity index (χ1v) is 9.60. The van der Waals surface area contributed by atoms with Gasteiger partial charge in [-0.1, -0.05) is 5.16 Å². The quantitative estimate of drug-likeness (QED) is 0.874. The van der Waals surface area contributed by atoms with Gasteiger partial charge >= 0.3 is 0 Å². The number of carbonyl (C=O) groups excluding carboxylic acids is 1. The lowest BCUT2D eigenvalue weighted by molar-refractivity contribution is -0.132. The molecule has 1 aromatic heterocycles. The fourth-order valence-electron chi connectivity index (χ4n) is 4.19. The summed E-state index contributed by atoms with van der Waals surface area (Å²) in [4.78, 5) is 18.8. The Morgan fingerprint density at radius 1 is 1.33 bits per heavy atom. The Bertz CT molecular complexity index is 825. The van der Waals surface area contributed by atoms with E-state index in [-0.39, 0.29) is 11.7 Å². The van der Waals surface area contributed by atoms with Gasteiger partial charge < -0.3 is 14.7 Å². The molecule has 0 spiro atoms. The lowest BCUT2D eigenvalue weighted by atomic mass is 9.98. The summed E-state index contributed by atoms with van der Waals surface area (Å²) in [6.45, 7) is 1.70. The van der Waals surface area contributed by atoms with E-state index in [0.717, 1.165) is 12.8 Å². The molecule has 2 aromatic rings. The summed E-state index contributed by atoms with van der Waals surface area (Å²) in [5, 5.41) is 7.56. The molecule has 2 fully saturated rings. The second-order valence-electron chi connectivity index (χ2n) is 7.74. The largest absolute Gasteiger partial charge is 0.343 e. The number of piperidine rings is 1. The number of hydrogen-bond acceptors (Lipinski definition) is 5. The van der Waals surface area contributed by atoms with E-state index in [9.17, 15) is 9.18 Å². The van der Waals surface area contributed by atoms with E-state index in [1.807, 2.05) is 11.9 Å². The zero-order valence-corrected chi connectivity index (χ0v) is 15.7. The van der Waals surface area contributed by atoms with Crippen molar-refractivity contribution in [2.45, 2.75) is 63.6 Å². The van der Waals surface area contributed by atoms with Crippen molar-refractivity contribution in [1.82, 2.24) is 20.4 Å². The second-order valence-corrected chi connectivity index (χ2v) is 7.74. The van der Waals surface area contributed by atoms with Crippen molar-refractivity contribution >= 4 is 5.91 Å². The molecule has 2 atom stereocenters. The maximum Gasteiger partial charge on any atom is 0.227 e. The van der Waals surface area contributed by atoms with Crippen molar-refractivity contribution in [2.75, 3.05) is 7.05 Å². The van der Waals surface area contributed by atoms with Crippen molar-refractivity contribution in [2.24, 2.45) is 0 Å². The fourth-order valence-corrected chi connectivity index (χ4v) is 4.19. The molecule has 0 radical (unpaired) electrons. The Balaban J connectivity index is 1.34. The fraction of sp³-hybridized carbons (Fsp3) is 0.550. The minimum atomic E-state index is -0.262. The number of nitrogens with zero attached hydrogens (tertiary/aromatic N) is 3. The Morgan fingerprint density at radius 3 is 2.78 bits per heavy atom. The van der Waals surface area contributed by atoms with Gasteiger partial charge in [0.2, 0.25) is 17.6 Å². The van der Waals surface area contributed by atoms with Gasteiger partial charge in [-0.25, -0.2) is 4.39 Å². The zero-order valence-electron chi connectivity index (χ0n) is 15.7. The predicted octanol–water partition coefficient (Wildman–Crippen LogP) is 2.86. The highest BCUT2D eigenvalue weighted by Crippen LogP contribution is 2.29. The van der Waals surface area contributed by atoms with Gasteiger partial charge in [0.1, 0.15) is 5.82 Å². The number of carbonyl (C=O) groups is 1. The summed E-state index contributed by atoms with van der Waals surface area (Å²) in [7, 11) is 1.90. The summed E-state index contributed by atoms with van der Waals surface area (Å²) >= 11 is 0. The molecular weight excluding hydrogens is 347 g/mol. The number of nitrogens with one attached hydrogen (secondary N) is 1. The van der Waals surface area contributed by atoms with Crippen LogP contribution < -0.4 is 5.32 Å². The highest BCUT2D eigenvalue weighted by atomic mass is 19.1. The molecule has 2 bridgehead atoms. The molecular formula is C20H25FN4O2. The van der Waals surface area contributed by atoms with Crippen LogP contribution in [0.1, 0.15) is 43.6 Å². The molecule has 0 aliphatic carbocycles. The van der Waals surface area contributed by atoms with Crippen LogP contribution in [0.3, 0.4) is 0 Å². The van der Waals surface area contributed by atoms with E-state index >= 15 is 0 Å². The SMILES string of the molecule is Cc1cc(-c2noc(CCC(=O)N(C)C3CC4CCC(C3)N4)n2)ccc1F. The first kappa shape index (κ1) is 18.1. The number of benzene rings is 1. The van der Waals surface area contributed by atoms with Crippen molar-refractivity contribution in [3.8, 4) is 11.4 Å². The molecule has 1 aromatic carbocycles. The summed E-state index contributed by atoms with van der Waals surface area (Å²) in [5.41, 5.74) is 1.24. The molecule has 3 heterocycles. The van der Waals surface area contributed by atoms with Gasteiger partial charge in [0.25, 0.3) is 0 Å². The average molecular weight is 372 g/mol. The third-order valence-electron chi connectivity index (χ3n) is 5.83. The highest BCUT2D eigenvalue weighted by molar-refractivity contribution is 5.76. The van der Waals surface area contributed by atoms with Gasteiger partial charge in [0.05, 0.1) is 0 Å². The van der Waals surface area contributed by atoms with Gasteiger partial charge in [-0.3, -0.25) is 4.79 Å². The van der Waals surface area contributed by atoms with Crippen molar-refractivity contribution < 1.29 is 13.7 Å². The molecule has 2 saturated heterocycles. The number of fused-ring (bicyclic) bond motifs is 2. The molecule has 2 unspecified atom stereocenters. The molecule has 0 saturated carbocycles.